The largest absolute Gasteiger partial charge is 0.249 e. The summed E-state index contributed by atoms with van der Waals surface area (Å²) in [6.07, 6.45) is 1.99. The number of hydrogen-bond acceptors (Lipinski definition) is 1. The van der Waals surface area contributed by atoms with Crippen LogP contribution in [0, 0.1) is 0 Å². The van der Waals surface area contributed by atoms with Crippen LogP contribution in [0.5, 0.6) is 0 Å². The number of para-hydroxylation sites is 1. The number of nitrogens with one attached hydrogen (secondary N) is 1. The molecule has 0 aliphatic heterocycles. The van der Waals surface area contributed by atoms with E-state index in [-0.39, 0.29) is 0 Å². The topological polar surface area (TPSA) is 32.6 Å². The summed E-state index contributed by atoms with van der Waals surface area (Å²) in [4.78, 5) is 0. The molecule has 17 heavy (non-hydrogen) atoms. The molecule has 0 aliphatic carbocycles. The number of aromatic amines is 1. The van der Waals surface area contributed by atoms with Gasteiger partial charge in [0.2, 0.25) is 5.69 Å². The number of benzene rings is 2. The van der Waals surface area contributed by atoms with Crippen LogP contribution in [0.15, 0.2) is 66.9 Å². The molecular weight excluding hydrogens is 210 g/mol. The first-order valence-electron chi connectivity index (χ1n) is 5.51. The van der Waals surface area contributed by atoms with Gasteiger partial charge in [0.05, 0.1) is 0 Å². The Balaban J connectivity index is 1.99. The molecule has 0 amide bonds. The van der Waals surface area contributed by atoms with Gasteiger partial charge in [-0.2, -0.15) is 0 Å². The van der Waals surface area contributed by atoms with Crippen molar-refractivity contribution in [2.24, 2.45) is 0 Å². The molecular formula is C14H12N3+. The lowest BCUT2D eigenvalue weighted by molar-refractivity contribution is -0.659. The SMILES string of the molecule is c1ccc(-c2c[n+](-c3ccccc3)[nH]n2)cc1. The van der Waals surface area contributed by atoms with Crippen molar-refractivity contribution in [3.8, 4) is 16.9 Å². The first-order valence-corrected chi connectivity index (χ1v) is 5.51. The Morgan fingerprint density at radius 1 is 0.824 bits per heavy atom. The van der Waals surface area contributed by atoms with Crippen LogP contribution in [-0.2, 0) is 0 Å². The van der Waals surface area contributed by atoms with Crippen molar-refractivity contribution in [3.63, 3.8) is 0 Å². The first-order chi connectivity index (χ1) is 8.43. The van der Waals surface area contributed by atoms with Gasteiger partial charge in [0.25, 0.3) is 0 Å². The Bertz CT molecular complexity index is 546. The zero-order valence-electron chi connectivity index (χ0n) is 9.25. The number of nitrogens with zero attached hydrogens (tertiary/aromatic N) is 2. The maximum Gasteiger partial charge on any atom is 0.249 e. The van der Waals surface area contributed by atoms with E-state index in [1.54, 1.807) is 0 Å². The maximum atomic E-state index is 4.30. The fourth-order valence-electron chi connectivity index (χ4n) is 1.76. The van der Waals surface area contributed by atoms with Gasteiger partial charge in [0.15, 0.2) is 11.9 Å². The molecule has 82 valence electrons. The molecule has 0 saturated heterocycles. The molecule has 0 aliphatic rings. The summed E-state index contributed by atoms with van der Waals surface area (Å²) in [6, 6.07) is 20.2. The molecule has 1 aromatic heterocycles. The van der Waals surface area contributed by atoms with Crippen LogP contribution in [0.2, 0.25) is 0 Å². The molecule has 0 fully saturated rings. The van der Waals surface area contributed by atoms with Crippen molar-refractivity contribution in [3.05, 3.63) is 66.9 Å². The quantitative estimate of drug-likeness (QED) is 0.663. The van der Waals surface area contributed by atoms with Gasteiger partial charge in [-0.3, -0.25) is 0 Å². The van der Waals surface area contributed by atoms with Crippen molar-refractivity contribution >= 4 is 0 Å². The first kappa shape index (κ1) is 9.78. The second-order valence-corrected chi connectivity index (χ2v) is 3.80. The summed E-state index contributed by atoms with van der Waals surface area (Å²) in [6.45, 7) is 0. The van der Waals surface area contributed by atoms with Gasteiger partial charge in [0.1, 0.15) is 0 Å². The van der Waals surface area contributed by atoms with Crippen molar-refractivity contribution < 1.29 is 4.68 Å². The fraction of sp³-hybridized carbons (Fsp3) is 0. The Kier molecular flexibility index (Phi) is 2.43. The predicted molar refractivity (Wildman–Crippen MR) is 65.6 cm³/mol. The Hall–Kier alpha value is -2.42. The van der Waals surface area contributed by atoms with E-state index >= 15 is 0 Å². The van der Waals surface area contributed by atoms with E-state index in [2.05, 4.69) is 10.3 Å². The van der Waals surface area contributed by atoms with E-state index in [4.69, 9.17) is 0 Å². The van der Waals surface area contributed by atoms with E-state index in [1.165, 1.54) is 0 Å². The van der Waals surface area contributed by atoms with Gasteiger partial charge in [-0.1, -0.05) is 53.7 Å². The van der Waals surface area contributed by atoms with Gasteiger partial charge in [-0.25, -0.2) is 0 Å². The number of aromatic nitrogens is 3. The lowest BCUT2D eigenvalue weighted by Gasteiger charge is -1.91. The summed E-state index contributed by atoms with van der Waals surface area (Å²) in [5.74, 6) is 0. The zero-order chi connectivity index (χ0) is 11.5. The average molecular weight is 222 g/mol. The van der Waals surface area contributed by atoms with Crippen LogP contribution in [-0.4, -0.2) is 10.3 Å². The smallest absolute Gasteiger partial charge is 0.127 e. The van der Waals surface area contributed by atoms with Gasteiger partial charge in [0, 0.05) is 10.7 Å². The fourth-order valence-corrected chi connectivity index (χ4v) is 1.76. The highest BCUT2D eigenvalue weighted by Gasteiger charge is 2.11. The number of hydrogen-bond donors (Lipinski definition) is 1. The monoisotopic (exact) mass is 222 g/mol. The lowest BCUT2D eigenvalue weighted by Crippen LogP contribution is -2.31. The van der Waals surface area contributed by atoms with Gasteiger partial charge in [-0.05, 0) is 12.1 Å². The second kappa shape index (κ2) is 4.22. The highest BCUT2D eigenvalue weighted by Crippen LogP contribution is 2.13. The minimum absolute atomic E-state index is 0.939. The maximum absolute atomic E-state index is 4.30. The summed E-state index contributed by atoms with van der Waals surface area (Å²) < 4.78 is 1.91. The van der Waals surface area contributed by atoms with E-state index in [1.807, 2.05) is 71.5 Å². The molecule has 3 nitrogen and oxygen atoms in total. The third-order valence-corrected chi connectivity index (χ3v) is 2.63. The molecule has 3 aromatic rings. The Morgan fingerprint density at radius 2 is 1.47 bits per heavy atom. The summed E-state index contributed by atoms with van der Waals surface area (Å²) in [5.41, 5.74) is 3.12. The molecule has 1 heterocycles. The molecule has 0 radical (unpaired) electrons. The minimum Gasteiger partial charge on any atom is -0.127 e. The van der Waals surface area contributed by atoms with E-state index in [9.17, 15) is 0 Å². The molecule has 2 aromatic carbocycles. The molecule has 0 atom stereocenters. The molecule has 0 saturated carbocycles. The third kappa shape index (κ3) is 1.95. The molecule has 3 rings (SSSR count). The summed E-state index contributed by atoms with van der Waals surface area (Å²) in [5, 5.41) is 7.29. The van der Waals surface area contributed by atoms with Crippen LogP contribution < -0.4 is 4.68 Å². The molecule has 0 bridgehead atoms. The molecule has 1 N–H and O–H groups in total. The summed E-state index contributed by atoms with van der Waals surface area (Å²) >= 11 is 0. The minimum atomic E-state index is 0.939. The molecule has 3 heteroatoms. The van der Waals surface area contributed by atoms with Crippen molar-refractivity contribution in [2.75, 3.05) is 0 Å². The van der Waals surface area contributed by atoms with Gasteiger partial charge >= 0.3 is 0 Å². The van der Waals surface area contributed by atoms with Crippen molar-refractivity contribution in [2.45, 2.75) is 0 Å². The van der Waals surface area contributed by atoms with Gasteiger partial charge < -0.3 is 0 Å². The van der Waals surface area contributed by atoms with Gasteiger partial charge in [-0.15, -0.1) is 4.68 Å². The zero-order valence-corrected chi connectivity index (χ0v) is 9.25. The standard InChI is InChI=1S/C14H11N3/c1-3-7-12(8-4-1)14-11-17(16-15-14)13-9-5-2-6-10-13/h1-11H/p+1. The van der Waals surface area contributed by atoms with Crippen LogP contribution in [0.4, 0.5) is 0 Å². The number of H-pyrrole nitrogens is 1. The van der Waals surface area contributed by atoms with Crippen LogP contribution in [0.3, 0.4) is 0 Å². The number of rotatable bonds is 2. The third-order valence-electron chi connectivity index (χ3n) is 2.63. The normalized spacial score (nSPS) is 10.4. The molecule has 0 unspecified atom stereocenters. The van der Waals surface area contributed by atoms with Crippen molar-refractivity contribution in [1.29, 1.82) is 0 Å². The second-order valence-electron chi connectivity index (χ2n) is 3.80. The van der Waals surface area contributed by atoms with Crippen molar-refractivity contribution in [1.82, 2.24) is 10.3 Å². The lowest BCUT2D eigenvalue weighted by atomic mass is 10.2. The van der Waals surface area contributed by atoms with E-state index < -0.39 is 0 Å². The highest BCUT2D eigenvalue weighted by atomic mass is 15.4. The Labute approximate surface area is 99.3 Å². The molecule has 0 spiro atoms. The van der Waals surface area contributed by atoms with Crippen LogP contribution in [0.1, 0.15) is 0 Å². The average Bonchev–Trinajstić information content (AvgIpc) is 2.90. The van der Waals surface area contributed by atoms with E-state index in [0.29, 0.717) is 0 Å². The highest BCUT2D eigenvalue weighted by molar-refractivity contribution is 5.56. The summed E-state index contributed by atoms with van der Waals surface area (Å²) in [7, 11) is 0. The van der Waals surface area contributed by atoms with Crippen LogP contribution >= 0.6 is 0 Å². The van der Waals surface area contributed by atoms with E-state index in [0.717, 1.165) is 16.9 Å². The Morgan fingerprint density at radius 3 is 2.18 bits per heavy atom. The van der Waals surface area contributed by atoms with Crippen LogP contribution in [0.25, 0.3) is 16.9 Å². The predicted octanol–water partition coefficient (Wildman–Crippen LogP) is 2.35.